The number of nitrogens with zero attached hydrogens (tertiary/aromatic N) is 1. The molecule has 1 aliphatic heterocycles. The zero-order valence-electron chi connectivity index (χ0n) is 10.3. The molecule has 8 heteroatoms. The van der Waals surface area contributed by atoms with E-state index in [2.05, 4.69) is 27.5 Å². The maximum Gasteiger partial charge on any atom is 0.329 e. The van der Waals surface area contributed by atoms with Crippen molar-refractivity contribution in [2.75, 3.05) is 6.61 Å². The molecule has 0 radical (unpaired) electrons. The number of hydrogen-bond acceptors (Lipinski definition) is 5. The first kappa shape index (κ1) is 15.3. The van der Waals surface area contributed by atoms with E-state index in [0.717, 1.165) is 0 Å². The van der Waals surface area contributed by atoms with Crippen molar-refractivity contribution in [3.63, 3.8) is 0 Å². The minimum Gasteiger partial charge on any atom is -0.395 e. The third-order valence-corrected chi connectivity index (χ3v) is 4.83. The van der Waals surface area contributed by atoms with Crippen LogP contribution in [0, 0.1) is 0 Å². The second-order valence-electron chi connectivity index (χ2n) is 4.27. The van der Waals surface area contributed by atoms with Crippen LogP contribution < -0.4 is 11.2 Å². The minimum absolute atomic E-state index is 0.215. The van der Waals surface area contributed by atoms with Gasteiger partial charge in [0, 0.05) is 6.20 Å². The molecule has 6 nitrogen and oxygen atoms in total. The van der Waals surface area contributed by atoms with E-state index in [9.17, 15) is 19.8 Å². The van der Waals surface area contributed by atoms with E-state index in [1.807, 2.05) is 0 Å². The Kier molecular flexibility index (Phi) is 4.69. The molecule has 0 spiro atoms. The van der Waals surface area contributed by atoms with Crippen LogP contribution in [0.25, 0.3) is 6.08 Å². The highest BCUT2D eigenvalue weighted by Crippen LogP contribution is 2.43. The average molecular weight is 361 g/mol. The smallest absolute Gasteiger partial charge is 0.329 e. The Morgan fingerprint density at radius 1 is 1.55 bits per heavy atom. The molecule has 0 aliphatic carbocycles. The zero-order chi connectivity index (χ0) is 14.9. The van der Waals surface area contributed by atoms with Gasteiger partial charge in [-0.25, -0.2) is 4.79 Å². The van der Waals surface area contributed by atoms with E-state index in [0.29, 0.717) is 11.1 Å². The molecular weight excluding hydrogens is 348 g/mol. The highest BCUT2D eigenvalue weighted by atomic mass is 79.9. The first-order chi connectivity index (χ1) is 9.49. The Bertz CT molecular complexity index is 666. The summed E-state index contributed by atoms with van der Waals surface area (Å²) >= 11 is 4.30. The second-order valence-corrected chi connectivity index (χ2v) is 6.13. The maximum absolute atomic E-state index is 11.9. The number of rotatable bonds is 3. The molecule has 1 aromatic rings. The predicted octanol–water partition coefficient (Wildman–Crippen LogP) is 0.426. The standard InChI is InChI=1S/C12H13BrN2O4S/c1-6-9(17)8(5-16)20-11(6)15-4-7(2-3-13)10(18)14-12(15)19/h2-4,8-9,11,16-17H,1,5H2,(H,14,18,19)/b3-2+/t8-,9+,11-/m1/s1. The van der Waals surface area contributed by atoms with Gasteiger partial charge in [-0.2, -0.15) is 0 Å². The topological polar surface area (TPSA) is 95.3 Å². The molecule has 2 rings (SSSR count). The van der Waals surface area contributed by atoms with Gasteiger partial charge < -0.3 is 10.2 Å². The van der Waals surface area contributed by atoms with Gasteiger partial charge in [0.25, 0.3) is 5.56 Å². The first-order valence-electron chi connectivity index (χ1n) is 5.75. The SMILES string of the molecule is C=C1[C@H](n2cc(/C=C/Br)c(=O)[nH]c2=O)S[C@H](CO)[C@H]1O. The lowest BCUT2D eigenvalue weighted by atomic mass is 10.1. The van der Waals surface area contributed by atoms with Crippen molar-refractivity contribution in [1.29, 1.82) is 0 Å². The fraction of sp³-hybridized carbons (Fsp3) is 0.333. The van der Waals surface area contributed by atoms with Crippen molar-refractivity contribution < 1.29 is 10.2 Å². The second kappa shape index (κ2) is 6.13. The van der Waals surface area contributed by atoms with Crippen LogP contribution in [0.3, 0.4) is 0 Å². The van der Waals surface area contributed by atoms with Crippen LogP contribution in [0.5, 0.6) is 0 Å². The van der Waals surface area contributed by atoms with E-state index < -0.39 is 28.0 Å². The lowest BCUT2D eigenvalue weighted by Gasteiger charge is -2.14. The van der Waals surface area contributed by atoms with Crippen LogP contribution in [0.15, 0.2) is 32.9 Å². The number of aromatic nitrogens is 2. The van der Waals surface area contributed by atoms with Crippen molar-refractivity contribution in [3.8, 4) is 0 Å². The average Bonchev–Trinajstić information content (AvgIpc) is 2.70. The molecule has 1 saturated heterocycles. The van der Waals surface area contributed by atoms with Gasteiger partial charge >= 0.3 is 5.69 Å². The molecule has 1 fully saturated rings. The number of thioether (sulfide) groups is 1. The molecule has 0 saturated carbocycles. The Morgan fingerprint density at radius 3 is 2.80 bits per heavy atom. The van der Waals surface area contributed by atoms with Crippen LogP contribution in [0.1, 0.15) is 10.9 Å². The molecule has 3 N–H and O–H groups in total. The van der Waals surface area contributed by atoms with Gasteiger partial charge in [0.05, 0.1) is 23.5 Å². The van der Waals surface area contributed by atoms with Crippen molar-refractivity contribution in [2.24, 2.45) is 0 Å². The quantitative estimate of drug-likeness (QED) is 0.679. The summed E-state index contributed by atoms with van der Waals surface area (Å²) in [5.41, 5.74) is -0.338. The van der Waals surface area contributed by atoms with Crippen molar-refractivity contribution >= 4 is 33.8 Å². The normalized spacial score (nSPS) is 26.6. The summed E-state index contributed by atoms with van der Waals surface area (Å²) < 4.78 is 1.30. The summed E-state index contributed by atoms with van der Waals surface area (Å²) in [5, 5.41) is 18.2. The Labute approximate surface area is 127 Å². The molecule has 20 heavy (non-hydrogen) atoms. The number of aromatic amines is 1. The Hall–Kier alpha value is -1.09. The summed E-state index contributed by atoms with van der Waals surface area (Å²) in [6.45, 7) is 3.55. The molecule has 3 atom stereocenters. The van der Waals surface area contributed by atoms with E-state index in [-0.39, 0.29) is 6.61 Å². The highest BCUT2D eigenvalue weighted by Gasteiger charge is 2.38. The number of nitrogens with one attached hydrogen (secondary N) is 1. The van der Waals surface area contributed by atoms with E-state index in [1.54, 1.807) is 0 Å². The van der Waals surface area contributed by atoms with E-state index >= 15 is 0 Å². The molecule has 1 aromatic heterocycles. The summed E-state index contributed by atoms with van der Waals surface area (Å²) in [6, 6.07) is 0. The molecule has 0 amide bonds. The third kappa shape index (κ3) is 2.69. The van der Waals surface area contributed by atoms with Crippen LogP contribution >= 0.6 is 27.7 Å². The number of aliphatic hydroxyl groups is 2. The van der Waals surface area contributed by atoms with Crippen LogP contribution in [0.2, 0.25) is 0 Å². The molecule has 0 bridgehead atoms. The molecule has 108 valence electrons. The zero-order valence-corrected chi connectivity index (χ0v) is 12.7. The van der Waals surface area contributed by atoms with Gasteiger partial charge in [-0.15, -0.1) is 11.8 Å². The van der Waals surface area contributed by atoms with Crippen LogP contribution in [0.4, 0.5) is 0 Å². The van der Waals surface area contributed by atoms with Gasteiger partial charge in [0.2, 0.25) is 0 Å². The lowest BCUT2D eigenvalue weighted by molar-refractivity contribution is 0.172. The minimum atomic E-state index is -0.885. The number of hydrogen-bond donors (Lipinski definition) is 3. The lowest BCUT2D eigenvalue weighted by Crippen LogP contribution is -2.32. The highest BCUT2D eigenvalue weighted by molar-refractivity contribution is 9.11. The van der Waals surface area contributed by atoms with E-state index in [4.69, 9.17) is 0 Å². The van der Waals surface area contributed by atoms with Gasteiger partial charge in [-0.3, -0.25) is 14.3 Å². The molecule has 0 unspecified atom stereocenters. The van der Waals surface area contributed by atoms with Gasteiger partial charge in [0.15, 0.2) is 0 Å². The molecule has 2 heterocycles. The maximum atomic E-state index is 11.9. The number of H-pyrrole nitrogens is 1. The summed E-state index contributed by atoms with van der Waals surface area (Å²) in [5.74, 6) is 0. The molecule has 0 aromatic carbocycles. The number of halogens is 1. The molecule has 1 aliphatic rings. The van der Waals surface area contributed by atoms with Gasteiger partial charge in [-0.1, -0.05) is 22.5 Å². The largest absolute Gasteiger partial charge is 0.395 e. The summed E-state index contributed by atoms with van der Waals surface area (Å²) in [4.78, 5) is 27.2. The van der Waals surface area contributed by atoms with Crippen molar-refractivity contribution in [1.82, 2.24) is 9.55 Å². The fourth-order valence-electron chi connectivity index (χ4n) is 1.96. The van der Waals surface area contributed by atoms with Crippen molar-refractivity contribution in [2.45, 2.75) is 16.7 Å². The first-order valence-corrected chi connectivity index (χ1v) is 7.60. The van der Waals surface area contributed by atoms with Gasteiger partial charge in [-0.05, 0) is 16.6 Å². The van der Waals surface area contributed by atoms with E-state index in [1.165, 1.54) is 33.6 Å². The number of aliphatic hydroxyl groups excluding tert-OH is 2. The fourth-order valence-corrected chi connectivity index (χ4v) is 3.59. The third-order valence-electron chi connectivity index (χ3n) is 3.02. The Balaban J connectivity index is 2.48. The van der Waals surface area contributed by atoms with Crippen LogP contribution in [-0.2, 0) is 0 Å². The van der Waals surface area contributed by atoms with Crippen molar-refractivity contribution in [3.05, 3.63) is 49.7 Å². The van der Waals surface area contributed by atoms with Gasteiger partial charge in [0.1, 0.15) is 5.37 Å². The molecular formula is C12H13BrN2O4S. The summed E-state index contributed by atoms with van der Waals surface area (Å²) in [6.07, 6.45) is 2.04. The summed E-state index contributed by atoms with van der Waals surface area (Å²) in [7, 11) is 0. The monoisotopic (exact) mass is 360 g/mol. The Morgan fingerprint density at radius 2 is 2.25 bits per heavy atom. The predicted molar refractivity (Wildman–Crippen MR) is 81.9 cm³/mol. The van der Waals surface area contributed by atoms with Crippen LogP contribution in [-0.4, -0.2) is 37.7 Å².